The Kier molecular flexibility index (Phi) is 3.85. The van der Waals surface area contributed by atoms with Gasteiger partial charge in [-0.25, -0.2) is 0 Å². The number of fused-ring (bicyclic) bond motifs is 5. The Hall–Kier alpha value is -2.58. The number of carbonyl (C=O) groups excluding carboxylic acids is 2. The van der Waals surface area contributed by atoms with Crippen molar-refractivity contribution in [3.05, 3.63) is 40.9 Å². The van der Waals surface area contributed by atoms with Crippen LogP contribution in [0.15, 0.2) is 35.5 Å². The highest BCUT2D eigenvalue weighted by molar-refractivity contribution is 6.31. The Balaban J connectivity index is 1.59. The van der Waals surface area contributed by atoms with Crippen LogP contribution in [0.5, 0.6) is 5.75 Å². The van der Waals surface area contributed by atoms with Gasteiger partial charge in [0.15, 0.2) is 0 Å². The molecule has 126 valence electrons. The first-order valence-electron chi connectivity index (χ1n) is 8.06. The third kappa shape index (κ3) is 2.54. The van der Waals surface area contributed by atoms with E-state index in [1.54, 1.807) is 18.2 Å². The molecule has 2 amide bonds. The number of amides is 2. The molecule has 2 bridgehead atoms. The third-order valence-electron chi connectivity index (χ3n) is 5.04. The molecular formula is C19H15ClN2O3. The van der Waals surface area contributed by atoms with Gasteiger partial charge < -0.3 is 4.74 Å². The van der Waals surface area contributed by atoms with E-state index >= 15 is 0 Å². The summed E-state index contributed by atoms with van der Waals surface area (Å²) in [7, 11) is 0. The average Bonchev–Trinajstić information content (AvgIpc) is 3.27. The molecule has 1 saturated carbocycles. The van der Waals surface area contributed by atoms with Gasteiger partial charge >= 0.3 is 0 Å². The highest BCUT2D eigenvalue weighted by Crippen LogP contribution is 2.52. The minimum absolute atomic E-state index is 0.100. The summed E-state index contributed by atoms with van der Waals surface area (Å²) < 4.78 is 5.44. The van der Waals surface area contributed by atoms with Crippen LogP contribution in [-0.4, -0.2) is 29.6 Å². The van der Waals surface area contributed by atoms with E-state index in [9.17, 15) is 9.59 Å². The molecular weight excluding hydrogens is 340 g/mol. The first-order chi connectivity index (χ1) is 12.1. The number of allylic oxidation sites excluding steroid dienone is 2. The second-order valence-corrected chi connectivity index (χ2v) is 6.84. The monoisotopic (exact) mass is 354 g/mol. The minimum Gasteiger partial charge on any atom is -0.480 e. The SMILES string of the molecule is C#CCOc1ccc(Cl)cc1C=NN1C(=O)C2C3C=CC(C3)C2C1=O. The summed E-state index contributed by atoms with van der Waals surface area (Å²) in [6.45, 7) is 0.100. The van der Waals surface area contributed by atoms with E-state index in [2.05, 4.69) is 11.0 Å². The van der Waals surface area contributed by atoms with E-state index in [4.69, 9.17) is 22.8 Å². The maximum atomic E-state index is 12.6. The highest BCUT2D eigenvalue weighted by Gasteiger charge is 2.59. The number of hydrogen-bond acceptors (Lipinski definition) is 4. The van der Waals surface area contributed by atoms with Gasteiger partial charge in [-0.05, 0) is 36.5 Å². The molecule has 5 nitrogen and oxygen atoms in total. The van der Waals surface area contributed by atoms with Gasteiger partial charge in [0.2, 0.25) is 0 Å². The average molecular weight is 355 g/mol. The molecule has 2 aliphatic carbocycles. The molecule has 3 aliphatic rings. The number of hydrogen-bond donors (Lipinski definition) is 0. The lowest BCUT2D eigenvalue weighted by Gasteiger charge is -2.13. The third-order valence-corrected chi connectivity index (χ3v) is 5.28. The van der Waals surface area contributed by atoms with Crippen LogP contribution in [-0.2, 0) is 9.59 Å². The van der Waals surface area contributed by atoms with Crippen molar-refractivity contribution in [3.8, 4) is 18.1 Å². The summed E-state index contributed by atoms with van der Waals surface area (Å²) in [6.07, 6.45) is 11.6. The van der Waals surface area contributed by atoms with E-state index in [-0.39, 0.29) is 42.1 Å². The van der Waals surface area contributed by atoms with Crippen molar-refractivity contribution in [2.45, 2.75) is 6.42 Å². The first-order valence-corrected chi connectivity index (χ1v) is 8.44. The predicted molar refractivity (Wildman–Crippen MR) is 92.9 cm³/mol. The number of benzene rings is 1. The van der Waals surface area contributed by atoms with Gasteiger partial charge in [-0.2, -0.15) is 10.1 Å². The van der Waals surface area contributed by atoms with E-state index in [0.717, 1.165) is 11.4 Å². The number of carbonyl (C=O) groups is 2. The van der Waals surface area contributed by atoms with Crippen molar-refractivity contribution in [3.63, 3.8) is 0 Å². The van der Waals surface area contributed by atoms with Crippen molar-refractivity contribution in [2.75, 3.05) is 6.61 Å². The smallest absolute Gasteiger partial charge is 0.254 e. The fourth-order valence-electron chi connectivity index (χ4n) is 3.99. The second kappa shape index (κ2) is 6.05. The molecule has 0 spiro atoms. The molecule has 1 aromatic rings. The van der Waals surface area contributed by atoms with Gasteiger partial charge in [0.1, 0.15) is 12.4 Å². The molecule has 4 atom stereocenters. The topological polar surface area (TPSA) is 59.0 Å². The zero-order valence-electron chi connectivity index (χ0n) is 13.3. The largest absolute Gasteiger partial charge is 0.480 e. The zero-order valence-corrected chi connectivity index (χ0v) is 14.0. The summed E-state index contributed by atoms with van der Waals surface area (Å²) in [5, 5.41) is 5.62. The maximum Gasteiger partial charge on any atom is 0.254 e. The molecule has 4 unspecified atom stereocenters. The predicted octanol–water partition coefficient (Wildman–Crippen LogP) is 2.49. The van der Waals surface area contributed by atoms with Crippen LogP contribution in [0.1, 0.15) is 12.0 Å². The fraction of sp³-hybridized carbons (Fsp3) is 0.316. The maximum absolute atomic E-state index is 12.6. The van der Waals surface area contributed by atoms with Gasteiger partial charge in [0.05, 0.1) is 18.1 Å². The Bertz CT molecular complexity index is 825. The zero-order chi connectivity index (χ0) is 17.6. The Labute approximate surface area is 150 Å². The van der Waals surface area contributed by atoms with E-state index in [1.165, 1.54) is 6.21 Å². The Morgan fingerprint density at radius 1 is 1.28 bits per heavy atom. The van der Waals surface area contributed by atoms with E-state index in [0.29, 0.717) is 16.3 Å². The molecule has 4 rings (SSSR count). The van der Waals surface area contributed by atoms with Gasteiger partial charge in [0.25, 0.3) is 11.8 Å². The van der Waals surface area contributed by atoms with Gasteiger partial charge in [-0.3, -0.25) is 9.59 Å². The van der Waals surface area contributed by atoms with Gasteiger partial charge in [-0.1, -0.05) is 29.7 Å². The van der Waals surface area contributed by atoms with Crippen LogP contribution < -0.4 is 4.74 Å². The van der Waals surface area contributed by atoms with Crippen LogP contribution in [0.2, 0.25) is 5.02 Å². The van der Waals surface area contributed by atoms with E-state index in [1.807, 2.05) is 12.2 Å². The van der Waals surface area contributed by atoms with Gasteiger partial charge in [-0.15, -0.1) is 6.42 Å². The summed E-state index contributed by atoms with van der Waals surface area (Å²) in [4.78, 5) is 25.2. The standard InChI is InChI=1S/C19H15ClN2O3/c1-2-7-25-15-6-5-14(20)9-13(15)10-21-22-18(23)16-11-3-4-12(8-11)17(16)19(22)24/h1,3-6,9-12,16-17H,7-8H2. The number of imide groups is 1. The lowest BCUT2D eigenvalue weighted by Crippen LogP contribution is -2.28. The molecule has 1 saturated heterocycles. The summed E-state index contributed by atoms with van der Waals surface area (Å²) in [6, 6.07) is 4.99. The van der Waals surface area contributed by atoms with Crippen LogP contribution in [0, 0.1) is 36.0 Å². The molecule has 25 heavy (non-hydrogen) atoms. The van der Waals surface area contributed by atoms with Crippen LogP contribution in [0.4, 0.5) is 0 Å². The number of hydrazone groups is 1. The number of terminal acetylenes is 1. The normalized spacial score (nSPS) is 29.5. The number of nitrogens with zero attached hydrogens (tertiary/aromatic N) is 2. The van der Waals surface area contributed by atoms with Crippen LogP contribution in [0.25, 0.3) is 0 Å². The van der Waals surface area contributed by atoms with Gasteiger partial charge in [0, 0.05) is 10.6 Å². The molecule has 0 radical (unpaired) electrons. The molecule has 1 aromatic carbocycles. The van der Waals surface area contributed by atoms with Crippen molar-refractivity contribution in [1.29, 1.82) is 0 Å². The quantitative estimate of drug-likeness (QED) is 0.361. The summed E-state index contributed by atoms with van der Waals surface area (Å²) in [5.74, 6) is 2.21. The Morgan fingerprint density at radius 2 is 1.96 bits per heavy atom. The number of ether oxygens (including phenoxy) is 1. The molecule has 1 heterocycles. The van der Waals surface area contributed by atoms with Crippen LogP contribution in [0.3, 0.4) is 0 Å². The van der Waals surface area contributed by atoms with Crippen molar-refractivity contribution in [1.82, 2.24) is 5.01 Å². The lowest BCUT2D eigenvalue weighted by atomic mass is 9.85. The Morgan fingerprint density at radius 3 is 2.60 bits per heavy atom. The summed E-state index contributed by atoms with van der Waals surface area (Å²) >= 11 is 6.01. The molecule has 0 aromatic heterocycles. The summed E-state index contributed by atoms with van der Waals surface area (Å²) in [5.41, 5.74) is 0.557. The molecule has 2 fully saturated rings. The minimum atomic E-state index is -0.267. The molecule has 6 heteroatoms. The van der Waals surface area contributed by atoms with Crippen LogP contribution >= 0.6 is 11.6 Å². The molecule has 0 N–H and O–H groups in total. The highest BCUT2D eigenvalue weighted by atomic mass is 35.5. The second-order valence-electron chi connectivity index (χ2n) is 6.41. The van der Waals surface area contributed by atoms with Crippen molar-refractivity contribution < 1.29 is 14.3 Å². The van der Waals surface area contributed by atoms with Crippen molar-refractivity contribution in [2.24, 2.45) is 28.8 Å². The van der Waals surface area contributed by atoms with Crippen molar-refractivity contribution >= 4 is 29.6 Å². The fourth-order valence-corrected chi connectivity index (χ4v) is 4.17. The lowest BCUT2D eigenvalue weighted by molar-refractivity contribution is -0.140. The van der Waals surface area contributed by atoms with E-state index < -0.39 is 0 Å². The first kappa shape index (κ1) is 15.9. The molecule has 1 aliphatic heterocycles. The number of halogens is 1. The number of rotatable bonds is 4.